The molecule has 0 saturated heterocycles. The zero-order valence-electron chi connectivity index (χ0n) is 7.99. The smallest absolute Gasteiger partial charge is 0.0438 e. The Labute approximate surface area is 84.2 Å². The zero-order chi connectivity index (χ0) is 9.52. The lowest BCUT2D eigenvalue weighted by molar-refractivity contribution is 0.296. The normalized spacial score (nSPS) is 10.3. The van der Waals surface area contributed by atoms with Crippen molar-refractivity contribution in [2.24, 2.45) is 0 Å². The molecule has 1 aromatic rings. The second-order valence-electron chi connectivity index (χ2n) is 3.12. The molecule has 13 heavy (non-hydrogen) atoms. The number of hydrogen-bond donors (Lipinski definition) is 1. The Morgan fingerprint density at radius 3 is 2.92 bits per heavy atom. The Morgan fingerprint density at radius 1 is 1.38 bits per heavy atom. The number of aliphatic hydroxyl groups is 1. The summed E-state index contributed by atoms with van der Waals surface area (Å²) in [5.74, 6) is 2.10. The number of aryl methyl sites for hydroxylation is 1. The van der Waals surface area contributed by atoms with Crippen molar-refractivity contribution < 1.29 is 5.11 Å². The van der Waals surface area contributed by atoms with Crippen LogP contribution in [0.4, 0.5) is 0 Å². The van der Waals surface area contributed by atoms with Crippen LogP contribution in [0.2, 0.25) is 0 Å². The molecule has 0 fully saturated rings. The summed E-state index contributed by atoms with van der Waals surface area (Å²) in [4.78, 5) is 0. The van der Waals surface area contributed by atoms with Gasteiger partial charge in [0.05, 0.1) is 0 Å². The fourth-order valence-electron chi connectivity index (χ4n) is 1.16. The van der Waals surface area contributed by atoms with Crippen LogP contribution >= 0.6 is 11.8 Å². The van der Waals surface area contributed by atoms with Gasteiger partial charge in [0.1, 0.15) is 0 Å². The summed E-state index contributed by atoms with van der Waals surface area (Å²) in [6, 6.07) is 8.57. The lowest BCUT2D eigenvalue weighted by Crippen LogP contribution is -1.87. The molecular formula is C11H16OS. The molecule has 1 rings (SSSR count). The van der Waals surface area contributed by atoms with Crippen LogP contribution in [0.15, 0.2) is 24.3 Å². The zero-order valence-corrected chi connectivity index (χ0v) is 8.81. The number of hydrogen-bond acceptors (Lipinski definition) is 2. The van der Waals surface area contributed by atoms with E-state index in [2.05, 4.69) is 31.2 Å². The topological polar surface area (TPSA) is 20.2 Å². The molecule has 0 atom stereocenters. The van der Waals surface area contributed by atoms with E-state index in [9.17, 15) is 0 Å². The second-order valence-corrected chi connectivity index (χ2v) is 4.22. The van der Waals surface area contributed by atoms with Gasteiger partial charge in [-0.1, -0.05) is 29.8 Å². The van der Waals surface area contributed by atoms with Gasteiger partial charge >= 0.3 is 0 Å². The van der Waals surface area contributed by atoms with Crippen LogP contribution in [0, 0.1) is 6.92 Å². The molecule has 1 aromatic carbocycles. The van der Waals surface area contributed by atoms with Crippen molar-refractivity contribution in [2.45, 2.75) is 19.1 Å². The number of rotatable bonds is 5. The molecule has 0 saturated carbocycles. The molecule has 0 amide bonds. The van der Waals surface area contributed by atoms with Crippen LogP contribution in [0.1, 0.15) is 17.5 Å². The summed E-state index contributed by atoms with van der Waals surface area (Å²) in [5, 5.41) is 8.59. The van der Waals surface area contributed by atoms with E-state index < -0.39 is 0 Å². The summed E-state index contributed by atoms with van der Waals surface area (Å²) in [6.07, 6.45) is 0.899. The molecule has 0 bridgehead atoms. The highest BCUT2D eigenvalue weighted by Gasteiger charge is 1.93. The average Bonchev–Trinajstić information content (AvgIpc) is 2.13. The first-order valence-electron chi connectivity index (χ1n) is 4.57. The number of aliphatic hydroxyl groups excluding tert-OH is 1. The van der Waals surface area contributed by atoms with E-state index in [0.717, 1.165) is 17.9 Å². The van der Waals surface area contributed by atoms with Gasteiger partial charge in [0.25, 0.3) is 0 Å². The van der Waals surface area contributed by atoms with E-state index in [1.165, 1.54) is 11.1 Å². The summed E-state index contributed by atoms with van der Waals surface area (Å²) in [7, 11) is 0. The Morgan fingerprint density at radius 2 is 2.23 bits per heavy atom. The molecule has 0 unspecified atom stereocenters. The lowest BCUT2D eigenvalue weighted by Gasteiger charge is -2.01. The lowest BCUT2D eigenvalue weighted by atomic mass is 10.2. The van der Waals surface area contributed by atoms with Gasteiger partial charge < -0.3 is 5.11 Å². The number of benzene rings is 1. The van der Waals surface area contributed by atoms with Gasteiger partial charge in [-0.25, -0.2) is 0 Å². The molecular weight excluding hydrogens is 180 g/mol. The number of thioether (sulfide) groups is 1. The highest BCUT2D eigenvalue weighted by Crippen LogP contribution is 2.13. The van der Waals surface area contributed by atoms with Crippen molar-refractivity contribution in [1.82, 2.24) is 0 Å². The monoisotopic (exact) mass is 196 g/mol. The minimum absolute atomic E-state index is 0.306. The highest BCUT2D eigenvalue weighted by molar-refractivity contribution is 7.98. The van der Waals surface area contributed by atoms with Crippen molar-refractivity contribution in [2.75, 3.05) is 12.4 Å². The summed E-state index contributed by atoms with van der Waals surface area (Å²) in [5.41, 5.74) is 2.70. The molecule has 0 aliphatic carbocycles. The Hall–Kier alpha value is -0.470. The van der Waals surface area contributed by atoms with Gasteiger partial charge in [0, 0.05) is 12.4 Å². The average molecular weight is 196 g/mol. The van der Waals surface area contributed by atoms with E-state index in [4.69, 9.17) is 5.11 Å². The van der Waals surface area contributed by atoms with E-state index in [0.29, 0.717) is 6.61 Å². The second kappa shape index (κ2) is 6.06. The molecule has 0 radical (unpaired) electrons. The highest BCUT2D eigenvalue weighted by atomic mass is 32.2. The SMILES string of the molecule is Cc1cccc(CSCCCO)c1. The van der Waals surface area contributed by atoms with Crippen LogP contribution in [-0.2, 0) is 5.75 Å². The van der Waals surface area contributed by atoms with Gasteiger partial charge in [-0.05, 0) is 24.7 Å². The van der Waals surface area contributed by atoms with Gasteiger partial charge in [-0.2, -0.15) is 11.8 Å². The molecule has 0 aliphatic heterocycles. The first kappa shape index (κ1) is 10.6. The molecule has 0 heterocycles. The first-order valence-corrected chi connectivity index (χ1v) is 5.72. The van der Waals surface area contributed by atoms with Crippen LogP contribution in [0.5, 0.6) is 0 Å². The maximum absolute atomic E-state index is 8.59. The van der Waals surface area contributed by atoms with E-state index in [1.807, 2.05) is 11.8 Å². The molecule has 2 heteroatoms. The predicted molar refractivity (Wildman–Crippen MR) is 59.0 cm³/mol. The van der Waals surface area contributed by atoms with Gasteiger partial charge in [0.2, 0.25) is 0 Å². The quantitative estimate of drug-likeness (QED) is 0.730. The Kier molecular flexibility index (Phi) is 4.94. The van der Waals surface area contributed by atoms with Crippen molar-refractivity contribution in [1.29, 1.82) is 0 Å². The predicted octanol–water partition coefficient (Wildman–Crippen LogP) is 2.61. The Bertz CT molecular complexity index is 248. The van der Waals surface area contributed by atoms with Gasteiger partial charge in [-0.15, -0.1) is 0 Å². The van der Waals surface area contributed by atoms with Crippen LogP contribution in [0.3, 0.4) is 0 Å². The molecule has 0 spiro atoms. The molecule has 0 aromatic heterocycles. The summed E-state index contributed by atoms with van der Waals surface area (Å²) < 4.78 is 0. The summed E-state index contributed by atoms with van der Waals surface area (Å²) in [6.45, 7) is 2.42. The fourth-order valence-corrected chi connectivity index (χ4v) is 2.05. The Balaban J connectivity index is 2.28. The van der Waals surface area contributed by atoms with Gasteiger partial charge in [-0.3, -0.25) is 0 Å². The van der Waals surface area contributed by atoms with Gasteiger partial charge in [0.15, 0.2) is 0 Å². The van der Waals surface area contributed by atoms with Crippen molar-refractivity contribution in [3.63, 3.8) is 0 Å². The van der Waals surface area contributed by atoms with Crippen LogP contribution in [-0.4, -0.2) is 17.5 Å². The molecule has 1 N–H and O–H groups in total. The fraction of sp³-hybridized carbons (Fsp3) is 0.455. The van der Waals surface area contributed by atoms with Crippen molar-refractivity contribution >= 4 is 11.8 Å². The third kappa shape index (κ3) is 4.34. The maximum Gasteiger partial charge on any atom is 0.0438 e. The minimum atomic E-state index is 0.306. The third-order valence-corrected chi connectivity index (χ3v) is 2.91. The van der Waals surface area contributed by atoms with E-state index in [1.54, 1.807) is 0 Å². The minimum Gasteiger partial charge on any atom is -0.396 e. The van der Waals surface area contributed by atoms with E-state index >= 15 is 0 Å². The van der Waals surface area contributed by atoms with Crippen molar-refractivity contribution in [3.05, 3.63) is 35.4 Å². The maximum atomic E-state index is 8.59. The molecule has 1 nitrogen and oxygen atoms in total. The van der Waals surface area contributed by atoms with E-state index in [-0.39, 0.29) is 0 Å². The van der Waals surface area contributed by atoms with Crippen LogP contribution in [0.25, 0.3) is 0 Å². The van der Waals surface area contributed by atoms with Crippen molar-refractivity contribution in [3.8, 4) is 0 Å². The molecule has 0 aliphatic rings. The summed E-state index contributed by atoms with van der Waals surface area (Å²) >= 11 is 1.88. The first-order chi connectivity index (χ1) is 6.33. The van der Waals surface area contributed by atoms with Crippen LogP contribution < -0.4 is 0 Å². The third-order valence-electron chi connectivity index (χ3n) is 1.80. The molecule has 72 valence electrons. The standard InChI is InChI=1S/C11H16OS/c1-10-4-2-5-11(8-10)9-13-7-3-6-12/h2,4-5,8,12H,3,6-7,9H2,1H3. The largest absolute Gasteiger partial charge is 0.396 e.